The van der Waals surface area contributed by atoms with Gasteiger partial charge in [0.1, 0.15) is 0 Å². The van der Waals surface area contributed by atoms with Crippen LogP contribution < -0.4 is 5.73 Å². The summed E-state index contributed by atoms with van der Waals surface area (Å²) in [6.45, 7) is 6.25. The lowest BCUT2D eigenvalue weighted by atomic mass is 10.1. The number of carbonyl (C=O) groups excluding carboxylic acids is 1. The summed E-state index contributed by atoms with van der Waals surface area (Å²) < 4.78 is 6.82. The fourth-order valence-corrected chi connectivity index (χ4v) is 1.54. The minimum Gasteiger partial charge on any atom is -0.466 e. The van der Waals surface area contributed by atoms with E-state index in [-0.39, 0.29) is 24.5 Å². The molecule has 1 heterocycles. The van der Waals surface area contributed by atoms with Gasteiger partial charge in [-0.25, -0.2) is 4.98 Å². The molecule has 0 saturated carbocycles. The lowest BCUT2D eigenvalue weighted by Crippen LogP contribution is -2.20. The quantitative estimate of drug-likeness (QED) is 0.769. The van der Waals surface area contributed by atoms with Crippen LogP contribution in [0.2, 0.25) is 0 Å². The summed E-state index contributed by atoms with van der Waals surface area (Å²) in [6.07, 6.45) is 3.61. The molecule has 0 aliphatic carbocycles. The first kappa shape index (κ1) is 12.7. The first-order valence-corrected chi connectivity index (χ1v) is 5.49. The minimum atomic E-state index is -0.357. The van der Waals surface area contributed by atoms with E-state index in [2.05, 4.69) is 4.98 Å². The minimum absolute atomic E-state index is 0.187. The van der Waals surface area contributed by atoms with Crippen molar-refractivity contribution in [1.29, 1.82) is 0 Å². The number of esters is 1. The molecule has 1 aromatic rings. The summed E-state index contributed by atoms with van der Waals surface area (Å²) in [4.78, 5) is 15.3. The van der Waals surface area contributed by atoms with Gasteiger partial charge in [-0.1, -0.05) is 0 Å². The van der Waals surface area contributed by atoms with Gasteiger partial charge < -0.3 is 15.0 Å². The van der Waals surface area contributed by atoms with Gasteiger partial charge in [-0.3, -0.25) is 4.79 Å². The number of rotatable bonds is 5. The van der Waals surface area contributed by atoms with Crippen molar-refractivity contribution in [1.82, 2.24) is 9.55 Å². The van der Waals surface area contributed by atoms with Crippen LogP contribution in [-0.2, 0) is 9.53 Å². The molecule has 0 aromatic carbocycles. The van der Waals surface area contributed by atoms with Crippen molar-refractivity contribution in [3.8, 4) is 0 Å². The molecular weight excluding hydrogens is 206 g/mol. The summed E-state index contributed by atoms with van der Waals surface area (Å²) in [5.74, 6) is -0.272. The third-order valence-corrected chi connectivity index (χ3v) is 2.32. The van der Waals surface area contributed by atoms with Crippen molar-refractivity contribution in [2.24, 2.45) is 5.73 Å². The zero-order valence-corrected chi connectivity index (χ0v) is 10.0. The summed E-state index contributed by atoms with van der Waals surface area (Å²) >= 11 is 0. The van der Waals surface area contributed by atoms with Gasteiger partial charge in [0.15, 0.2) is 0 Å². The molecule has 0 spiro atoms. The molecule has 0 saturated heterocycles. The molecule has 0 aliphatic heterocycles. The van der Waals surface area contributed by atoms with Gasteiger partial charge in [0, 0.05) is 12.2 Å². The normalized spacial score (nSPS) is 12.8. The second-order valence-electron chi connectivity index (χ2n) is 3.94. The summed E-state index contributed by atoms with van der Waals surface area (Å²) in [7, 11) is 0. The van der Waals surface area contributed by atoms with E-state index >= 15 is 0 Å². The topological polar surface area (TPSA) is 70.1 Å². The molecule has 0 unspecified atom stereocenters. The molecule has 0 aliphatic rings. The van der Waals surface area contributed by atoms with Crippen LogP contribution in [0.15, 0.2) is 12.5 Å². The molecule has 2 N–H and O–H groups in total. The number of ether oxygens (including phenoxy) is 1. The number of hydrogen-bond acceptors (Lipinski definition) is 4. The second kappa shape index (κ2) is 5.65. The predicted octanol–water partition coefficient (Wildman–Crippen LogP) is 1.42. The summed E-state index contributed by atoms with van der Waals surface area (Å²) in [5, 5.41) is 0. The average Bonchev–Trinajstić information content (AvgIpc) is 2.65. The fourth-order valence-electron chi connectivity index (χ4n) is 1.54. The lowest BCUT2D eigenvalue weighted by Gasteiger charge is -2.16. The van der Waals surface area contributed by atoms with Crippen LogP contribution in [0.3, 0.4) is 0 Å². The van der Waals surface area contributed by atoms with Gasteiger partial charge in [-0.2, -0.15) is 0 Å². The fraction of sp³-hybridized carbons (Fsp3) is 0.636. The first-order chi connectivity index (χ1) is 7.56. The molecule has 1 rings (SSSR count). The third kappa shape index (κ3) is 3.06. The largest absolute Gasteiger partial charge is 0.466 e. The Kier molecular flexibility index (Phi) is 4.49. The standard InChI is InChI=1S/C11H19N3O2/c1-4-16-11(15)5-9(12)10-6-13-7-14(10)8(2)3/h6-9H,4-5,12H2,1-3H3/t9-/m0/s1. The van der Waals surface area contributed by atoms with Crippen LogP contribution in [0, 0.1) is 0 Å². The Hall–Kier alpha value is -1.36. The molecule has 0 amide bonds. The maximum atomic E-state index is 11.3. The van der Waals surface area contributed by atoms with E-state index in [0.29, 0.717) is 6.61 Å². The summed E-state index contributed by atoms with van der Waals surface area (Å²) in [5.41, 5.74) is 6.81. The molecule has 1 aromatic heterocycles. The van der Waals surface area contributed by atoms with Gasteiger partial charge in [0.25, 0.3) is 0 Å². The highest BCUT2D eigenvalue weighted by molar-refractivity contribution is 5.70. The van der Waals surface area contributed by atoms with Crippen molar-refractivity contribution in [3.05, 3.63) is 18.2 Å². The van der Waals surface area contributed by atoms with Crippen molar-refractivity contribution in [3.63, 3.8) is 0 Å². The molecule has 90 valence electrons. The molecule has 0 fully saturated rings. The monoisotopic (exact) mass is 225 g/mol. The van der Waals surface area contributed by atoms with Crippen LogP contribution in [-0.4, -0.2) is 22.1 Å². The van der Waals surface area contributed by atoms with Gasteiger partial charge in [-0.05, 0) is 20.8 Å². The Morgan fingerprint density at radius 1 is 1.62 bits per heavy atom. The van der Waals surface area contributed by atoms with Gasteiger partial charge in [0.05, 0.1) is 31.1 Å². The van der Waals surface area contributed by atoms with Crippen molar-refractivity contribution in [2.75, 3.05) is 6.61 Å². The Morgan fingerprint density at radius 3 is 2.88 bits per heavy atom. The van der Waals surface area contributed by atoms with E-state index in [0.717, 1.165) is 5.69 Å². The van der Waals surface area contributed by atoms with E-state index in [1.807, 2.05) is 18.4 Å². The highest BCUT2D eigenvalue weighted by Crippen LogP contribution is 2.18. The van der Waals surface area contributed by atoms with E-state index in [9.17, 15) is 4.79 Å². The van der Waals surface area contributed by atoms with Crippen LogP contribution in [0.25, 0.3) is 0 Å². The van der Waals surface area contributed by atoms with E-state index in [1.165, 1.54) is 0 Å². The van der Waals surface area contributed by atoms with Crippen molar-refractivity contribution in [2.45, 2.75) is 39.3 Å². The van der Waals surface area contributed by atoms with Crippen molar-refractivity contribution >= 4 is 5.97 Å². The molecule has 0 bridgehead atoms. The lowest BCUT2D eigenvalue weighted by molar-refractivity contribution is -0.143. The van der Waals surface area contributed by atoms with Crippen LogP contribution >= 0.6 is 0 Å². The Balaban J connectivity index is 2.69. The van der Waals surface area contributed by atoms with Crippen LogP contribution in [0.1, 0.15) is 45.0 Å². The number of nitrogens with zero attached hydrogens (tertiary/aromatic N) is 2. The smallest absolute Gasteiger partial charge is 0.307 e. The maximum Gasteiger partial charge on any atom is 0.307 e. The number of hydrogen-bond donors (Lipinski definition) is 1. The Bertz CT molecular complexity index is 347. The van der Waals surface area contributed by atoms with Crippen molar-refractivity contribution < 1.29 is 9.53 Å². The zero-order valence-electron chi connectivity index (χ0n) is 10.0. The first-order valence-electron chi connectivity index (χ1n) is 5.49. The molecule has 0 radical (unpaired) electrons. The van der Waals surface area contributed by atoms with E-state index in [1.54, 1.807) is 19.4 Å². The molecule has 1 atom stereocenters. The highest BCUT2D eigenvalue weighted by Gasteiger charge is 2.17. The van der Waals surface area contributed by atoms with Crippen LogP contribution in [0.4, 0.5) is 0 Å². The second-order valence-corrected chi connectivity index (χ2v) is 3.94. The van der Waals surface area contributed by atoms with E-state index < -0.39 is 0 Å². The Morgan fingerprint density at radius 2 is 2.31 bits per heavy atom. The maximum absolute atomic E-state index is 11.3. The van der Waals surface area contributed by atoms with Gasteiger partial charge >= 0.3 is 5.97 Å². The van der Waals surface area contributed by atoms with Gasteiger partial charge in [0.2, 0.25) is 0 Å². The van der Waals surface area contributed by atoms with Gasteiger partial charge in [-0.15, -0.1) is 0 Å². The third-order valence-electron chi connectivity index (χ3n) is 2.32. The molecule has 16 heavy (non-hydrogen) atoms. The number of aromatic nitrogens is 2. The molecular formula is C11H19N3O2. The molecule has 5 heteroatoms. The predicted molar refractivity (Wildman–Crippen MR) is 60.8 cm³/mol. The van der Waals surface area contributed by atoms with E-state index in [4.69, 9.17) is 10.5 Å². The average molecular weight is 225 g/mol. The number of imidazole rings is 1. The SMILES string of the molecule is CCOC(=O)C[C@H](N)c1cncn1C(C)C. The highest BCUT2D eigenvalue weighted by atomic mass is 16.5. The summed E-state index contributed by atoms with van der Waals surface area (Å²) in [6, 6.07) is -0.0744. The zero-order chi connectivity index (χ0) is 12.1. The number of nitrogens with two attached hydrogens (primary N) is 1. The Labute approximate surface area is 95.6 Å². The molecule has 5 nitrogen and oxygen atoms in total. The number of carbonyl (C=O) groups is 1. The van der Waals surface area contributed by atoms with Crippen LogP contribution in [0.5, 0.6) is 0 Å².